The molecule has 1 aromatic carbocycles. The van der Waals surface area contributed by atoms with Crippen LogP contribution in [0.3, 0.4) is 0 Å². The van der Waals surface area contributed by atoms with Crippen molar-refractivity contribution in [2.75, 3.05) is 0 Å². The SMILES string of the molecule is O=C(NCc1c[nH]c2ccc(Cl)cc12)n1cc(F)c(=O)[nH]c1=O. The summed E-state index contributed by atoms with van der Waals surface area (Å²) in [7, 11) is 0. The van der Waals surface area contributed by atoms with Gasteiger partial charge in [-0.05, 0) is 23.8 Å². The van der Waals surface area contributed by atoms with Gasteiger partial charge in [-0.1, -0.05) is 11.6 Å². The van der Waals surface area contributed by atoms with Crippen molar-refractivity contribution in [3.8, 4) is 0 Å². The van der Waals surface area contributed by atoms with Crippen molar-refractivity contribution in [3.05, 3.63) is 67.8 Å². The van der Waals surface area contributed by atoms with Crippen molar-refractivity contribution in [3.63, 3.8) is 0 Å². The Kier molecular flexibility index (Phi) is 3.75. The average Bonchev–Trinajstić information content (AvgIpc) is 2.90. The summed E-state index contributed by atoms with van der Waals surface area (Å²) in [6, 6.07) is 4.40. The number of hydrogen-bond acceptors (Lipinski definition) is 3. The minimum absolute atomic E-state index is 0.0896. The molecule has 0 radical (unpaired) electrons. The number of carbonyl (C=O) groups excluding carboxylic acids is 1. The van der Waals surface area contributed by atoms with Crippen molar-refractivity contribution >= 4 is 28.5 Å². The van der Waals surface area contributed by atoms with Crippen LogP contribution < -0.4 is 16.6 Å². The van der Waals surface area contributed by atoms with Gasteiger partial charge in [0.25, 0.3) is 5.56 Å². The first-order valence-electron chi connectivity index (χ1n) is 6.51. The molecule has 0 atom stereocenters. The van der Waals surface area contributed by atoms with Gasteiger partial charge in [-0.25, -0.2) is 14.2 Å². The molecule has 0 aliphatic rings. The molecule has 0 aliphatic carbocycles. The van der Waals surface area contributed by atoms with Gasteiger partial charge in [-0.15, -0.1) is 0 Å². The maximum Gasteiger partial charge on any atom is 0.336 e. The Morgan fingerprint density at radius 3 is 2.91 bits per heavy atom. The summed E-state index contributed by atoms with van der Waals surface area (Å²) < 4.78 is 13.6. The normalized spacial score (nSPS) is 10.9. The Bertz CT molecular complexity index is 1020. The van der Waals surface area contributed by atoms with E-state index >= 15 is 0 Å². The highest BCUT2D eigenvalue weighted by atomic mass is 35.5. The molecular formula is C14H10ClFN4O3. The fraction of sp³-hybridized carbons (Fsp3) is 0.0714. The molecule has 0 saturated heterocycles. The maximum atomic E-state index is 13.2. The molecular weight excluding hydrogens is 327 g/mol. The number of nitrogens with zero attached hydrogens (tertiary/aromatic N) is 1. The lowest BCUT2D eigenvalue weighted by atomic mass is 10.2. The van der Waals surface area contributed by atoms with Crippen LogP contribution in [0.15, 0.2) is 40.2 Å². The molecule has 3 aromatic rings. The van der Waals surface area contributed by atoms with Crippen LogP contribution >= 0.6 is 11.6 Å². The topological polar surface area (TPSA) is 99.8 Å². The second kappa shape index (κ2) is 5.73. The van der Waals surface area contributed by atoms with E-state index in [1.165, 1.54) is 0 Å². The van der Waals surface area contributed by atoms with E-state index in [4.69, 9.17) is 11.6 Å². The second-order valence-electron chi connectivity index (χ2n) is 4.77. The number of rotatable bonds is 2. The fourth-order valence-electron chi connectivity index (χ4n) is 2.15. The van der Waals surface area contributed by atoms with E-state index in [-0.39, 0.29) is 6.54 Å². The Labute approximate surface area is 132 Å². The van der Waals surface area contributed by atoms with Gasteiger partial charge < -0.3 is 10.3 Å². The minimum Gasteiger partial charge on any atom is -0.361 e. The van der Waals surface area contributed by atoms with Gasteiger partial charge in [0.1, 0.15) is 0 Å². The van der Waals surface area contributed by atoms with Crippen LogP contribution in [0.5, 0.6) is 0 Å². The van der Waals surface area contributed by atoms with E-state index in [0.717, 1.165) is 16.5 Å². The molecule has 3 N–H and O–H groups in total. The largest absolute Gasteiger partial charge is 0.361 e. The van der Waals surface area contributed by atoms with Gasteiger partial charge in [0.2, 0.25) is 5.82 Å². The molecule has 2 heterocycles. The summed E-state index contributed by atoms with van der Waals surface area (Å²) in [4.78, 5) is 39.1. The number of fused-ring (bicyclic) bond motifs is 1. The van der Waals surface area contributed by atoms with Crippen LogP contribution in [-0.2, 0) is 6.54 Å². The van der Waals surface area contributed by atoms with Gasteiger partial charge in [-0.2, -0.15) is 4.39 Å². The van der Waals surface area contributed by atoms with Crippen LogP contribution in [-0.4, -0.2) is 20.6 Å². The molecule has 0 bridgehead atoms. The van der Waals surface area contributed by atoms with Crippen LogP contribution in [0.1, 0.15) is 5.56 Å². The van der Waals surface area contributed by atoms with Gasteiger partial charge in [0, 0.05) is 28.7 Å². The molecule has 0 aliphatic heterocycles. The van der Waals surface area contributed by atoms with E-state index in [0.29, 0.717) is 15.8 Å². The monoisotopic (exact) mass is 336 g/mol. The van der Waals surface area contributed by atoms with Crippen molar-refractivity contribution in [1.82, 2.24) is 19.9 Å². The first-order valence-corrected chi connectivity index (χ1v) is 6.88. The summed E-state index contributed by atoms with van der Waals surface area (Å²) in [6.45, 7) is 0.0896. The molecule has 0 unspecified atom stereocenters. The average molecular weight is 337 g/mol. The molecule has 3 rings (SSSR count). The molecule has 2 aromatic heterocycles. The lowest BCUT2D eigenvalue weighted by Crippen LogP contribution is -2.40. The Hall–Kier alpha value is -2.87. The van der Waals surface area contributed by atoms with E-state index in [2.05, 4.69) is 10.3 Å². The summed E-state index contributed by atoms with van der Waals surface area (Å²) >= 11 is 5.94. The number of aromatic nitrogens is 3. The number of amides is 1. The van der Waals surface area contributed by atoms with E-state index < -0.39 is 23.1 Å². The first-order chi connectivity index (χ1) is 11.0. The highest BCUT2D eigenvalue weighted by Gasteiger charge is 2.12. The van der Waals surface area contributed by atoms with Crippen molar-refractivity contribution < 1.29 is 9.18 Å². The minimum atomic E-state index is -1.22. The zero-order valence-corrected chi connectivity index (χ0v) is 12.3. The number of carbonyl (C=O) groups is 1. The summed E-state index contributed by atoms with van der Waals surface area (Å²) in [6.07, 6.45) is 2.24. The molecule has 9 heteroatoms. The summed E-state index contributed by atoms with van der Waals surface area (Å²) in [5, 5.41) is 3.84. The summed E-state index contributed by atoms with van der Waals surface area (Å²) in [5.74, 6) is -1.22. The third-order valence-corrected chi connectivity index (χ3v) is 3.51. The quantitative estimate of drug-likeness (QED) is 0.662. The molecule has 0 spiro atoms. The molecule has 7 nitrogen and oxygen atoms in total. The zero-order valence-electron chi connectivity index (χ0n) is 11.5. The second-order valence-corrected chi connectivity index (χ2v) is 5.21. The van der Waals surface area contributed by atoms with Crippen LogP contribution in [0.2, 0.25) is 5.02 Å². The number of H-pyrrole nitrogens is 2. The number of hydrogen-bond donors (Lipinski definition) is 3. The Morgan fingerprint density at radius 2 is 2.13 bits per heavy atom. The lowest BCUT2D eigenvalue weighted by Gasteiger charge is -2.06. The van der Waals surface area contributed by atoms with Crippen molar-refractivity contribution in [2.45, 2.75) is 6.54 Å². The summed E-state index contributed by atoms with van der Waals surface area (Å²) in [5.41, 5.74) is -0.610. The third kappa shape index (κ3) is 2.88. The Balaban J connectivity index is 1.84. The van der Waals surface area contributed by atoms with Crippen LogP contribution in [0, 0.1) is 5.82 Å². The predicted octanol–water partition coefficient (Wildman–Crippen LogP) is 1.57. The number of nitrogens with one attached hydrogen (secondary N) is 3. The van der Waals surface area contributed by atoms with E-state index in [1.54, 1.807) is 29.4 Å². The fourth-order valence-corrected chi connectivity index (χ4v) is 2.32. The number of aromatic amines is 2. The highest BCUT2D eigenvalue weighted by Crippen LogP contribution is 2.22. The standard InChI is InChI=1S/C14H10ClFN4O3/c15-8-1-2-11-9(3-8)7(4-17-11)5-18-13(22)20-6-10(16)12(21)19-14(20)23/h1-4,6,17H,5H2,(H,18,22)(H,19,21,23). The lowest BCUT2D eigenvalue weighted by molar-refractivity contribution is 0.240. The maximum absolute atomic E-state index is 13.2. The zero-order chi connectivity index (χ0) is 16.6. The van der Waals surface area contributed by atoms with Gasteiger partial charge in [0.05, 0.1) is 6.20 Å². The predicted molar refractivity (Wildman–Crippen MR) is 82.2 cm³/mol. The number of benzene rings is 1. The molecule has 0 saturated carbocycles. The van der Waals surface area contributed by atoms with Crippen LogP contribution in [0.4, 0.5) is 9.18 Å². The molecule has 1 amide bonds. The van der Waals surface area contributed by atoms with E-state index in [1.807, 2.05) is 0 Å². The van der Waals surface area contributed by atoms with Crippen LogP contribution in [0.25, 0.3) is 10.9 Å². The molecule has 118 valence electrons. The van der Waals surface area contributed by atoms with Gasteiger partial charge in [-0.3, -0.25) is 9.78 Å². The van der Waals surface area contributed by atoms with Crippen molar-refractivity contribution in [2.24, 2.45) is 0 Å². The smallest absolute Gasteiger partial charge is 0.336 e. The van der Waals surface area contributed by atoms with Gasteiger partial charge in [0.15, 0.2) is 0 Å². The highest BCUT2D eigenvalue weighted by molar-refractivity contribution is 6.31. The Morgan fingerprint density at radius 1 is 1.35 bits per heavy atom. The first kappa shape index (κ1) is 15.0. The molecule has 23 heavy (non-hydrogen) atoms. The molecule has 0 fully saturated rings. The van der Waals surface area contributed by atoms with Crippen molar-refractivity contribution in [1.29, 1.82) is 0 Å². The number of halogens is 2. The van der Waals surface area contributed by atoms with E-state index in [9.17, 15) is 18.8 Å². The third-order valence-electron chi connectivity index (χ3n) is 3.28. The van der Waals surface area contributed by atoms with Gasteiger partial charge >= 0.3 is 11.7 Å².